The van der Waals surface area contributed by atoms with Gasteiger partial charge in [0.1, 0.15) is 11.5 Å². The van der Waals surface area contributed by atoms with Crippen LogP contribution in [0.25, 0.3) is 0 Å². The van der Waals surface area contributed by atoms with Gasteiger partial charge in [0, 0.05) is 20.0 Å². The number of hydrogen-bond donors (Lipinski definition) is 0. The quantitative estimate of drug-likeness (QED) is 0.0202. The van der Waals surface area contributed by atoms with Gasteiger partial charge >= 0.3 is 11.9 Å². The van der Waals surface area contributed by atoms with Crippen molar-refractivity contribution in [3.05, 3.63) is 59.7 Å². The van der Waals surface area contributed by atoms with Crippen LogP contribution in [0, 0.1) is 23.0 Å². The lowest BCUT2D eigenvalue weighted by atomic mass is 10.0. The lowest BCUT2D eigenvalue weighted by molar-refractivity contribution is -0.155. The van der Waals surface area contributed by atoms with Crippen LogP contribution < -0.4 is 9.47 Å². The summed E-state index contributed by atoms with van der Waals surface area (Å²) < 4.78 is 24.2. The molecule has 0 N–H and O–H groups in total. The number of hydrogen-bond acceptors (Lipinski definition) is 13. The molecule has 2 aromatic rings. The number of aliphatic imine (C=N–C) groups is 2. The lowest BCUT2D eigenvalue weighted by Gasteiger charge is -2.16. The predicted molar refractivity (Wildman–Crippen MR) is 205 cm³/mol. The van der Waals surface area contributed by atoms with Gasteiger partial charge in [0.2, 0.25) is 12.2 Å². The van der Waals surface area contributed by atoms with E-state index in [-0.39, 0.29) is 25.7 Å². The van der Waals surface area contributed by atoms with Crippen LogP contribution in [-0.2, 0) is 46.2 Å². The molecule has 0 bridgehead atoms. The molecule has 0 spiro atoms. The zero-order chi connectivity index (χ0) is 40.4. The van der Waals surface area contributed by atoms with Crippen LogP contribution in [0.4, 0.5) is 0 Å². The molecule has 0 heterocycles. The van der Waals surface area contributed by atoms with Gasteiger partial charge in [-0.05, 0) is 55.2 Å². The Morgan fingerprint density at radius 3 is 1.42 bits per heavy atom. The highest BCUT2D eigenvalue weighted by Crippen LogP contribution is 2.18. The number of benzene rings is 2. The number of unbranched alkanes of at least 4 members (excludes halogenated alkanes) is 13. The molecule has 0 saturated heterocycles. The summed E-state index contributed by atoms with van der Waals surface area (Å²) in [7, 11) is 1.37. The third kappa shape index (κ3) is 23.9. The zero-order valence-corrected chi connectivity index (χ0v) is 32.5. The third-order valence-corrected chi connectivity index (χ3v) is 8.59. The van der Waals surface area contributed by atoms with Crippen molar-refractivity contribution >= 4 is 24.1 Å². The van der Waals surface area contributed by atoms with Gasteiger partial charge in [0.05, 0.1) is 6.10 Å². The Balaban J connectivity index is 0.000000638. The van der Waals surface area contributed by atoms with Crippen LogP contribution in [-0.4, -0.2) is 56.2 Å². The number of carbonyl (C=O) groups is 2. The molecule has 0 aliphatic rings. The first kappa shape index (κ1) is 47.7. The topological polar surface area (TPSA) is 187 Å². The maximum atomic E-state index is 12.5. The van der Waals surface area contributed by atoms with Gasteiger partial charge in [0.25, 0.3) is 12.5 Å². The van der Waals surface area contributed by atoms with Crippen LogP contribution in [0.2, 0.25) is 0 Å². The fourth-order valence-electron chi connectivity index (χ4n) is 5.60. The first-order valence-corrected chi connectivity index (χ1v) is 19.1. The highest BCUT2D eigenvalue weighted by molar-refractivity contribution is 5.78. The number of ether oxygens (including phenoxy) is 5. The lowest BCUT2D eigenvalue weighted by Crippen LogP contribution is -2.27. The Hall–Kier alpha value is -5.32. The van der Waals surface area contributed by atoms with E-state index < -0.39 is 24.0 Å². The average molecular weight is 761 g/mol. The summed E-state index contributed by atoms with van der Waals surface area (Å²) in [5.74, 6) is -0.388. The molecule has 13 nitrogen and oxygen atoms in total. The van der Waals surface area contributed by atoms with E-state index in [0.29, 0.717) is 11.5 Å². The van der Waals surface area contributed by atoms with Crippen molar-refractivity contribution in [3.63, 3.8) is 0 Å². The van der Waals surface area contributed by atoms with Crippen molar-refractivity contribution in [1.82, 2.24) is 0 Å². The van der Waals surface area contributed by atoms with Gasteiger partial charge < -0.3 is 23.7 Å². The summed E-state index contributed by atoms with van der Waals surface area (Å²) in [6.07, 6.45) is 25.3. The second-order valence-corrected chi connectivity index (χ2v) is 13.1. The fourth-order valence-corrected chi connectivity index (χ4v) is 5.60. The number of methoxy groups -OCH3 is 1. The second kappa shape index (κ2) is 32.1. The van der Waals surface area contributed by atoms with E-state index in [0.717, 1.165) is 30.4 Å². The molecule has 55 heavy (non-hydrogen) atoms. The van der Waals surface area contributed by atoms with Crippen molar-refractivity contribution in [1.29, 1.82) is 10.5 Å². The Morgan fingerprint density at radius 1 is 0.636 bits per heavy atom. The Morgan fingerprint density at radius 2 is 1.04 bits per heavy atom. The highest BCUT2D eigenvalue weighted by atomic mass is 16.7. The van der Waals surface area contributed by atoms with E-state index >= 15 is 0 Å². The van der Waals surface area contributed by atoms with Crippen LogP contribution in [0.15, 0.2) is 58.5 Å². The number of rotatable bonds is 28. The van der Waals surface area contributed by atoms with Gasteiger partial charge in [0.15, 0.2) is 18.9 Å². The van der Waals surface area contributed by atoms with Crippen molar-refractivity contribution in [2.45, 2.75) is 141 Å². The number of carbonyl (C=O) groups excluding carboxylic acids is 4. The van der Waals surface area contributed by atoms with E-state index in [4.69, 9.17) is 24.7 Å². The number of isocyanates is 2. The smallest absolute Gasteiger partial charge is 0.334 e. The summed E-state index contributed by atoms with van der Waals surface area (Å²) in [5, 5.41) is 16.9. The fraction of sp³-hybridized carbons (Fsp3) is 0.571. The molecule has 2 rings (SSSR count). The minimum Gasteiger partial charge on any atom is -0.461 e. The first-order valence-electron chi connectivity index (χ1n) is 19.1. The Bertz CT molecular complexity index is 1520. The van der Waals surface area contributed by atoms with E-state index in [9.17, 15) is 19.2 Å². The van der Waals surface area contributed by atoms with Gasteiger partial charge in [-0.3, -0.25) is 0 Å². The standard InChI is InChI=1S/C29H44N2O4.C13H12N2O5/c1-3-4-5-6-7-8-9-10-11-12-13-14-15-16-17-25(2)35-29(33)28(31-24-32)22-26-18-20-27(21-19-26)34-23-30;1-18-9-20-13(17)12(15-8-16)6-10-2-4-11(5-3-10)19-7-14/h18-21,25,28H,3-17,22H2,1-2H3;2-5,12H,6,9H2,1H3. The van der Waals surface area contributed by atoms with Crippen LogP contribution >= 0.6 is 0 Å². The summed E-state index contributed by atoms with van der Waals surface area (Å²) in [6.45, 7) is 3.94. The summed E-state index contributed by atoms with van der Waals surface area (Å²) in [4.78, 5) is 52.3. The molecule has 0 fully saturated rings. The van der Waals surface area contributed by atoms with Crippen LogP contribution in [0.1, 0.15) is 121 Å². The van der Waals surface area contributed by atoms with Gasteiger partial charge in [-0.25, -0.2) is 19.2 Å². The SMILES string of the molecule is CCCCCCCCCCCCCCCCC(C)OC(=O)C(Cc1ccc(OC#N)cc1)N=C=O.COCOC(=O)C(Cc1ccc(OC#N)cc1)N=C=O. The van der Waals surface area contributed by atoms with E-state index in [1.165, 1.54) is 96.3 Å². The maximum Gasteiger partial charge on any atom is 0.334 e. The second-order valence-electron chi connectivity index (χ2n) is 13.1. The number of nitriles is 2. The minimum absolute atomic E-state index is 0.171. The maximum absolute atomic E-state index is 12.5. The first-order chi connectivity index (χ1) is 26.8. The average Bonchev–Trinajstić information content (AvgIpc) is 3.18. The molecule has 0 aliphatic carbocycles. The summed E-state index contributed by atoms with van der Waals surface area (Å²) in [6, 6.07) is 11.3. The Kier molecular flexibility index (Phi) is 27.9. The van der Waals surface area contributed by atoms with Crippen LogP contribution in [0.5, 0.6) is 11.5 Å². The van der Waals surface area contributed by atoms with E-state index in [1.54, 1.807) is 61.0 Å². The van der Waals surface area contributed by atoms with Gasteiger partial charge in [-0.15, -0.1) is 10.5 Å². The van der Waals surface area contributed by atoms with E-state index in [2.05, 4.69) is 26.4 Å². The molecule has 298 valence electrons. The number of nitrogens with zero attached hydrogens (tertiary/aromatic N) is 4. The normalized spacial score (nSPS) is 11.7. The molecule has 0 aliphatic heterocycles. The molecule has 3 atom stereocenters. The monoisotopic (exact) mass is 760 g/mol. The van der Waals surface area contributed by atoms with E-state index in [1.807, 2.05) is 6.92 Å². The molecular weight excluding hydrogens is 704 g/mol. The third-order valence-electron chi connectivity index (χ3n) is 8.59. The minimum atomic E-state index is -0.981. The van der Waals surface area contributed by atoms with Gasteiger partial charge in [-0.2, -0.15) is 9.98 Å². The molecule has 0 radical (unpaired) electrons. The molecule has 13 heteroatoms. The molecule has 2 aromatic carbocycles. The van der Waals surface area contributed by atoms with Crippen molar-refractivity contribution in [2.24, 2.45) is 9.98 Å². The van der Waals surface area contributed by atoms with Crippen LogP contribution in [0.3, 0.4) is 0 Å². The number of esters is 2. The largest absolute Gasteiger partial charge is 0.461 e. The Labute approximate surface area is 325 Å². The van der Waals surface area contributed by atoms with Crippen molar-refractivity contribution in [3.8, 4) is 24.0 Å². The summed E-state index contributed by atoms with van der Waals surface area (Å²) in [5.41, 5.74) is 1.52. The summed E-state index contributed by atoms with van der Waals surface area (Å²) >= 11 is 0. The highest BCUT2D eigenvalue weighted by Gasteiger charge is 2.22. The molecule has 0 amide bonds. The van der Waals surface area contributed by atoms with Gasteiger partial charge in [-0.1, -0.05) is 115 Å². The molecular formula is C42H56N4O9. The predicted octanol–water partition coefficient (Wildman–Crippen LogP) is 8.54. The van der Waals surface area contributed by atoms with Crippen molar-refractivity contribution in [2.75, 3.05) is 13.9 Å². The molecule has 3 unspecified atom stereocenters. The zero-order valence-electron chi connectivity index (χ0n) is 32.5. The van der Waals surface area contributed by atoms with Crippen molar-refractivity contribution < 1.29 is 42.9 Å². The molecule has 0 aromatic heterocycles. The molecule has 0 saturated carbocycles.